The van der Waals surface area contributed by atoms with Gasteiger partial charge in [-0.2, -0.15) is 0 Å². The molecule has 0 spiro atoms. The molecule has 1 heterocycles. The Bertz CT molecular complexity index is 941. The third-order valence-corrected chi connectivity index (χ3v) is 4.11. The van der Waals surface area contributed by atoms with Crippen molar-refractivity contribution in [1.82, 2.24) is 0 Å². The van der Waals surface area contributed by atoms with Gasteiger partial charge in [0, 0.05) is 16.5 Å². The van der Waals surface area contributed by atoms with Gasteiger partial charge in [-0.1, -0.05) is 12.1 Å². The molecule has 0 radical (unpaired) electrons. The molecule has 0 fully saturated rings. The SMILES string of the molecule is Cc1c(C)c2ccc(OCc3cccc(F)c3)c(C)c2oc1=O. The van der Waals surface area contributed by atoms with Gasteiger partial charge in [-0.15, -0.1) is 0 Å². The number of hydrogen-bond acceptors (Lipinski definition) is 3. The number of hydrogen-bond donors (Lipinski definition) is 0. The minimum Gasteiger partial charge on any atom is -0.488 e. The highest BCUT2D eigenvalue weighted by Gasteiger charge is 2.13. The minimum atomic E-state index is -0.333. The molecule has 0 aliphatic carbocycles. The second kappa shape index (κ2) is 5.88. The van der Waals surface area contributed by atoms with Gasteiger partial charge in [0.2, 0.25) is 0 Å². The van der Waals surface area contributed by atoms with Gasteiger partial charge in [-0.25, -0.2) is 9.18 Å². The first-order valence-electron chi connectivity index (χ1n) is 7.38. The highest BCUT2D eigenvalue weighted by molar-refractivity contribution is 5.85. The summed E-state index contributed by atoms with van der Waals surface area (Å²) in [5, 5.41) is 0.901. The third-order valence-electron chi connectivity index (χ3n) is 4.11. The van der Waals surface area contributed by atoms with Crippen LogP contribution in [-0.4, -0.2) is 0 Å². The Hall–Kier alpha value is -2.62. The second-order valence-corrected chi connectivity index (χ2v) is 5.62. The zero-order valence-corrected chi connectivity index (χ0v) is 13.3. The smallest absolute Gasteiger partial charge is 0.339 e. The maximum atomic E-state index is 13.2. The van der Waals surface area contributed by atoms with Crippen LogP contribution in [0.5, 0.6) is 5.75 Å². The van der Waals surface area contributed by atoms with E-state index in [2.05, 4.69) is 0 Å². The van der Waals surface area contributed by atoms with Crippen molar-refractivity contribution >= 4 is 11.0 Å². The molecule has 2 aromatic carbocycles. The van der Waals surface area contributed by atoms with Crippen LogP contribution in [0.1, 0.15) is 22.3 Å². The van der Waals surface area contributed by atoms with Crippen molar-refractivity contribution in [2.45, 2.75) is 27.4 Å². The molecule has 0 amide bonds. The molecule has 0 saturated carbocycles. The summed E-state index contributed by atoms with van der Waals surface area (Å²) in [6, 6.07) is 10.0. The van der Waals surface area contributed by atoms with Crippen LogP contribution in [0.2, 0.25) is 0 Å². The maximum absolute atomic E-state index is 13.2. The van der Waals surface area contributed by atoms with Gasteiger partial charge >= 0.3 is 5.63 Å². The molecule has 118 valence electrons. The minimum absolute atomic E-state index is 0.249. The lowest BCUT2D eigenvalue weighted by molar-refractivity contribution is 0.303. The van der Waals surface area contributed by atoms with Gasteiger partial charge in [-0.3, -0.25) is 0 Å². The summed E-state index contributed by atoms with van der Waals surface area (Å²) in [6.45, 7) is 5.76. The van der Waals surface area contributed by atoms with Crippen LogP contribution in [0.25, 0.3) is 11.0 Å². The molecule has 3 nitrogen and oxygen atoms in total. The molecule has 1 aromatic heterocycles. The summed E-state index contributed by atoms with van der Waals surface area (Å²) in [5.74, 6) is 0.326. The van der Waals surface area contributed by atoms with Gasteiger partial charge in [0.1, 0.15) is 23.8 Å². The lowest BCUT2D eigenvalue weighted by Gasteiger charge is -2.12. The van der Waals surface area contributed by atoms with Crippen LogP contribution in [0, 0.1) is 26.6 Å². The van der Waals surface area contributed by atoms with Crippen molar-refractivity contribution in [1.29, 1.82) is 0 Å². The van der Waals surface area contributed by atoms with Gasteiger partial charge in [0.25, 0.3) is 0 Å². The van der Waals surface area contributed by atoms with Crippen molar-refractivity contribution in [2.24, 2.45) is 0 Å². The van der Waals surface area contributed by atoms with Gasteiger partial charge in [0.05, 0.1) is 0 Å². The van der Waals surface area contributed by atoms with E-state index >= 15 is 0 Å². The lowest BCUT2D eigenvalue weighted by Crippen LogP contribution is -2.07. The van der Waals surface area contributed by atoms with Crippen LogP contribution in [0.4, 0.5) is 4.39 Å². The van der Waals surface area contributed by atoms with Crippen LogP contribution >= 0.6 is 0 Å². The topological polar surface area (TPSA) is 39.4 Å². The van der Waals surface area contributed by atoms with E-state index in [0.717, 1.165) is 22.1 Å². The van der Waals surface area contributed by atoms with Crippen LogP contribution < -0.4 is 10.4 Å². The number of aryl methyl sites for hydroxylation is 2. The molecule has 3 aromatic rings. The number of halogens is 1. The Morgan fingerprint density at radius 2 is 1.83 bits per heavy atom. The van der Waals surface area contributed by atoms with E-state index in [9.17, 15) is 9.18 Å². The molecule has 23 heavy (non-hydrogen) atoms. The Morgan fingerprint density at radius 1 is 1.04 bits per heavy atom. The summed E-state index contributed by atoms with van der Waals surface area (Å²) >= 11 is 0. The summed E-state index contributed by atoms with van der Waals surface area (Å²) in [7, 11) is 0. The van der Waals surface area contributed by atoms with E-state index < -0.39 is 0 Å². The van der Waals surface area contributed by atoms with Crippen molar-refractivity contribution in [3.8, 4) is 5.75 Å². The predicted octanol–water partition coefficient (Wildman–Crippen LogP) is 4.44. The van der Waals surface area contributed by atoms with E-state index in [1.54, 1.807) is 19.1 Å². The zero-order chi connectivity index (χ0) is 16.6. The molecule has 0 unspecified atom stereocenters. The van der Waals surface area contributed by atoms with E-state index in [4.69, 9.17) is 9.15 Å². The number of rotatable bonds is 3. The predicted molar refractivity (Wildman–Crippen MR) is 87.4 cm³/mol. The molecule has 0 N–H and O–H groups in total. The largest absolute Gasteiger partial charge is 0.488 e. The van der Waals surface area contributed by atoms with Crippen molar-refractivity contribution in [3.63, 3.8) is 0 Å². The van der Waals surface area contributed by atoms with Crippen molar-refractivity contribution in [3.05, 3.63) is 74.9 Å². The van der Waals surface area contributed by atoms with E-state index in [-0.39, 0.29) is 18.0 Å². The van der Waals surface area contributed by atoms with Crippen molar-refractivity contribution < 1.29 is 13.5 Å². The van der Waals surface area contributed by atoms with E-state index in [1.807, 2.05) is 26.0 Å². The number of benzene rings is 2. The molecule has 0 bridgehead atoms. The molecule has 0 atom stereocenters. The molecule has 0 aliphatic rings. The monoisotopic (exact) mass is 312 g/mol. The van der Waals surface area contributed by atoms with Gasteiger partial charge in [-0.05, 0) is 56.2 Å². The number of ether oxygens (including phenoxy) is 1. The lowest BCUT2D eigenvalue weighted by atomic mass is 10.0. The number of fused-ring (bicyclic) bond motifs is 1. The fraction of sp³-hybridized carbons (Fsp3) is 0.211. The highest BCUT2D eigenvalue weighted by Crippen LogP contribution is 2.29. The quantitative estimate of drug-likeness (QED) is 0.671. The maximum Gasteiger partial charge on any atom is 0.339 e. The molecule has 4 heteroatoms. The third kappa shape index (κ3) is 2.84. The van der Waals surface area contributed by atoms with Gasteiger partial charge < -0.3 is 9.15 Å². The van der Waals surface area contributed by atoms with Crippen LogP contribution in [-0.2, 0) is 6.61 Å². The summed E-state index contributed by atoms with van der Waals surface area (Å²) in [4.78, 5) is 11.9. The summed E-state index contributed by atoms with van der Waals surface area (Å²) in [5.41, 5.74) is 3.24. The Kier molecular flexibility index (Phi) is 3.90. The average molecular weight is 312 g/mol. The fourth-order valence-electron chi connectivity index (χ4n) is 2.57. The summed E-state index contributed by atoms with van der Waals surface area (Å²) < 4.78 is 24.4. The average Bonchev–Trinajstić information content (AvgIpc) is 2.53. The van der Waals surface area contributed by atoms with Crippen LogP contribution in [0.15, 0.2) is 45.6 Å². The molecule has 0 saturated heterocycles. The van der Waals surface area contributed by atoms with Crippen molar-refractivity contribution in [2.75, 3.05) is 0 Å². The first-order chi connectivity index (χ1) is 11.0. The normalized spacial score (nSPS) is 11.0. The van der Waals surface area contributed by atoms with Crippen LogP contribution in [0.3, 0.4) is 0 Å². The standard InChI is InChI=1S/C19H17FO3/c1-11-12(2)19(21)23-18-13(3)17(8-7-16(11)18)22-10-14-5-4-6-15(20)9-14/h4-9H,10H2,1-3H3. The fourth-order valence-corrected chi connectivity index (χ4v) is 2.57. The Balaban J connectivity index is 1.98. The first kappa shape index (κ1) is 15.3. The zero-order valence-electron chi connectivity index (χ0n) is 13.3. The summed E-state index contributed by atoms with van der Waals surface area (Å²) in [6.07, 6.45) is 0. The molecular weight excluding hydrogens is 295 g/mol. The molecule has 0 aliphatic heterocycles. The highest BCUT2D eigenvalue weighted by atomic mass is 19.1. The van der Waals surface area contributed by atoms with E-state index in [1.165, 1.54) is 12.1 Å². The Morgan fingerprint density at radius 3 is 2.57 bits per heavy atom. The Labute approximate surface area is 133 Å². The molecular formula is C19H17FO3. The molecule has 3 rings (SSSR count). The second-order valence-electron chi connectivity index (χ2n) is 5.62. The van der Waals surface area contributed by atoms with E-state index in [0.29, 0.717) is 16.9 Å². The first-order valence-corrected chi connectivity index (χ1v) is 7.38. The van der Waals surface area contributed by atoms with Gasteiger partial charge in [0.15, 0.2) is 0 Å².